The van der Waals surface area contributed by atoms with Crippen molar-refractivity contribution in [3.8, 4) is 0 Å². The number of carbonyl (C=O) groups is 2. The predicted molar refractivity (Wildman–Crippen MR) is 81.1 cm³/mol. The molecule has 0 spiro atoms. The molecule has 0 aliphatic rings. The van der Waals surface area contributed by atoms with Crippen LogP contribution >= 0.6 is 0 Å². The van der Waals surface area contributed by atoms with Crippen LogP contribution in [-0.2, 0) is 9.59 Å². The van der Waals surface area contributed by atoms with Gasteiger partial charge < -0.3 is 21.6 Å². The van der Waals surface area contributed by atoms with E-state index < -0.39 is 6.04 Å². The quantitative estimate of drug-likeness (QED) is 0.209. The van der Waals surface area contributed by atoms with Gasteiger partial charge in [-0.25, -0.2) is 0 Å². The molecule has 2 unspecified atom stereocenters. The highest BCUT2D eigenvalue weighted by Gasteiger charge is 2.11. The van der Waals surface area contributed by atoms with Crippen molar-refractivity contribution in [1.82, 2.24) is 15.9 Å². The molecule has 0 saturated heterocycles. The van der Waals surface area contributed by atoms with E-state index >= 15 is 0 Å². The van der Waals surface area contributed by atoms with Crippen molar-refractivity contribution in [1.29, 1.82) is 0 Å². The van der Waals surface area contributed by atoms with Crippen molar-refractivity contribution < 1.29 is 9.59 Å². The fourth-order valence-electron chi connectivity index (χ4n) is 1.78. The summed E-state index contributed by atoms with van der Waals surface area (Å²) in [6, 6.07) is -0.163. The lowest BCUT2D eigenvalue weighted by atomic mass is 10.1. The number of unbranched alkanes of at least 4 members (excludes halogenated alkanes) is 2. The third kappa shape index (κ3) is 10.8. The third-order valence-electron chi connectivity index (χ3n) is 3.15. The maximum Gasteiger partial charge on any atom is 0.236 e. The Hall–Kier alpha value is -1.08. The van der Waals surface area contributed by atoms with Crippen LogP contribution in [0.3, 0.4) is 0 Å². The Labute approximate surface area is 123 Å². The summed E-state index contributed by atoms with van der Waals surface area (Å²) < 4.78 is 0. The summed E-state index contributed by atoms with van der Waals surface area (Å²) in [4.78, 5) is 21.7. The Bertz CT molecular complexity index is 267. The van der Waals surface area contributed by atoms with Gasteiger partial charge in [-0.2, -0.15) is 0 Å². The molecule has 0 aromatic rings. The van der Waals surface area contributed by atoms with E-state index in [2.05, 4.69) is 15.9 Å². The molecular formula is C13H27BN4O2. The molecule has 2 amide bonds. The first-order chi connectivity index (χ1) is 9.61. The topological polar surface area (TPSA) is 96.2 Å². The Kier molecular flexibility index (Phi) is 12.2. The highest BCUT2D eigenvalue weighted by molar-refractivity contribution is 6.04. The Morgan fingerprint density at radius 2 is 1.85 bits per heavy atom. The third-order valence-corrected chi connectivity index (χ3v) is 3.15. The number of hydrogen-bond donors (Lipinski definition) is 4. The minimum absolute atomic E-state index is 0.0988. The fraction of sp³-hybridized carbons (Fsp3) is 0.846. The first kappa shape index (κ1) is 18.9. The highest BCUT2D eigenvalue weighted by atomic mass is 16.2. The number of nitrogens with one attached hydrogen (secondary N) is 3. The summed E-state index contributed by atoms with van der Waals surface area (Å²) in [5.74, 6) is -0.0988. The fourth-order valence-corrected chi connectivity index (χ4v) is 1.78. The van der Waals surface area contributed by atoms with Gasteiger partial charge in [0.1, 0.15) is 0 Å². The average Bonchev–Trinajstić information content (AvgIpc) is 2.45. The van der Waals surface area contributed by atoms with E-state index in [0.717, 1.165) is 32.1 Å². The number of hydrogen-bond acceptors (Lipinski definition) is 4. The maximum atomic E-state index is 11.7. The molecule has 0 aromatic carbocycles. The van der Waals surface area contributed by atoms with Crippen molar-refractivity contribution in [3.05, 3.63) is 0 Å². The van der Waals surface area contributed by atoms with Crippen LogP contribution in [0.15, 0.2) is 0 Å². The van der Waals surface area contributed by atoms with Gasteiger partial charge >= 0.3 is 0 Å². The number of rotatable bonds is 13. The lowest BCUT2D eigenvalue weighted by Crippen LogP contribution is -2.41. The molecule has 0 saturated carbocycles. The van der Waals surface area contributed by atoms with Crippen molar-refractivity contribution in [2.24, 2.45) is 5.73 Å². The molecule has 0 fully saturated rings. The minimum Gasteiger partial charge on any atom is -0.364 e. The summed E-state index contributed by atoms with van der Waals surface area (Å²) in [6.45, 7) is 3.30. The Balaban J connectivity index is 3.47. The molecule has 0 aliphatic heterocycles. The van der Waals surface area contributed by atoms with Crippen molar-refractivity contribution >= 4 is 20.3 Å². The van der Waals surface area contributed by atoms with Crippen molar-refractivity contribution in [3.63, 3.8) is 0 Å². The van der Waals surface area contributed by atoms with Gasteiger partial charge in [0.25, 0.3) is 0 Å². The van der Waals surface area contributed by atoms with Crippen LogP contribution in [0.2, 0.25) is 0 Å². The highest BCUT2D eigenvalue weighted by Crippen LogP contribution is 2.00. The van der Waals surface area contributed by atoms with Crippen LogP contribution in [0.1, 0.15) is 45.4 Å². The number of carbonyl (C=O) groups excluding carboxylic acids is 2. The van der Waals surface area contributed by atoms with E-state index in [1.807, 2.05) is 6.92 Å². The lowest BCUT2D eigenvalue weighted by molar-refractivity contribution is -0.122. The molecule has 5 N–H and O–H groups in total. The first-order valence-electron chi connectivity index (χ1n) is 7.28. The van der Waals surface area contributed by atoms with E-state index in [0.29, 0.717) is 32.0 Å². The van der Waals surface area contributed by atoms with Gasteiger partial charge in [-0.15, -0.1) is 0 Å². The largest absolute Gasteiger partial charge is 0.364 e. The van der Waals surface area contributed by atoms with E-state index in [-0.39, 0.29) is 5.91 Å². The molecule has 20 heavy (non-hydrogen) atoms. The van der Waals surface area contributed by atoms with Crippen LogP contribution < -0.4 is 21.6 Å². The monoisotopic (exact) mass is 282 g/mol. The van der Waals surface area contributed by atoms with Gasteiger partial charge in [-0.1, -0.05) is 13.3 Å². The SMILES string of the molecule is [B]NC(C)CCCCNC(=O)C(N)CCCCNC=O. The second-order valence-corrected chi connectivity index (χ2v) is 5.03. The van der Waals surface area contributed by atoms with Gasteiger partial charge in [-0.05, 0) is 38.1 Å². The molecular weight excluding hydrogens is 255 g/mol. The van der Waals surface area contributed by atoms with Crippen molar-refractivity contribution in [2.45, 2.75) is 57.5 Å². The molecule has 0 aliphatic carbocycles. The zero-order chi connectivity index (χ0) is 15.2. The number of nitrogens with two attached hydrogens (primary N) is 1. The summed E-state index contributed by atoms with van der Waals surface area (Å²) >= 11 is 0. The first-order valence-corrected chi connectivity index (χ1v) is 7.28. The lowest BCUT2D eigenvalue weighted by Gasteiger charge is -2.13. The maximum absolute atomic E-state index is 11.7. The normalized spacial score (nSPS) is 13.5. The second kappa shape index (κ2) is 12.9. The molecule has 2 atom stereocenters. The zero-order valence-electron chi connectivity index (χ0n) is 12.4. The standard InChI is InChI=1S/C13H27BN4O2/c1-11(18-14)6-2-5-9-17-13(20)12(15)7-3-4-8-16-10-19/h10-12,18H,2-9,15H2,1H3,(H,16,19)(H,17,20). The Morgan fingerprint density at radius 1 is 1.20 bits per heavy atom. The van der Waals surface area contributed by atoms with Gasteiger partial charge in [-0.3, -0.25) is 9.59 Å². The molecule has 0 heterocycles. The van der Waals surface area contributed by atoms with Crippen LogP contribution in [0.5, 0.6) is 0 Å². The zero-order valence-corrected chi connectivity index (χ0v) is 12.4. The van der Waals surface area contributed by atoms with Crippen LogP contribution in [0, 0.1) is 0 Å². The second-order valence-electron chi connectivity index (χ2n) is 5.03. The molecule has 0 rings (SSSR count). The van der Waals surface area contributed by atoms with E-state index in [1.54, 1.807) is 0 Å². The van der Waals surface area contributed by atoms with Crippen LogP contribution in [0.25, 0.3) is 0 Å². The summed E-state index contributed by atoms with van der Waals surface area (Å²) in [5, 5.41) is 8.10. The molecule has 0 bridgehead atoms. The molecule has 7 heteroatoms. The molecule has 114 valence electrons. The van der Waals surface area contributed by atoms with Crippen LogP contribution in [0.4, 0.5) is 0 Å². The van der Waals surface area contributed by atoms with Gasteiger partial charge in [0.05, 0.1) is 6.04 Å². The summed E-state index contributed by atoms with van der Waals surface area (Å²) in [5.41, 5.74) is 5.79. The summed E-state index contributed by atoms with van der Waals surface area (Å²) in [7, 11) is 5.29. The average molecular weight is 282 g/mol. The van der Waals surface area contributed by atoms with Crippen molar-refractivity contribution in [2.75, 3.05) is 13.1 Å². The molecule has 2 radical (unpaired) electrons. The minimum atomic E-state index is -0.462. The van der Waals surface area contributed by atoms with Gasteiger partial charge in [0.15, 0.2) is 7.98 Å². The van der Waals surface area contributed by atoms with E-state index in [9.17, 15) is 9.59 Å². The van der Waals surface area contributed by atoms with Gasteiger partial charge in [0, 0.05) is 13.1 Å². The molecule has 0 aromatic heterocycles. The predicted octanol–water partition coefficient (Wildman–Crippen LogP) is -0.422. The summed E-state index contributed by atoms with van der Waals surface area (Å²) in [6.07, 6.45) is 5.90. The van der Waals surface area contributed by atoms with E-state index in [4.69, 9.17) is 13.7 Å². The van der Waals surface area contributed by atoms with Gasteiger partial charge in [0.2, 0.25) is 12.3 Å². The Morgan fingerprint density at radius 3 is 2.50 bits per heavy atom. The molecule has 6 nitrogen and oxygen atoms in total. The number of amides is 2. The smallest absolute Gasteiger partial charge is 0.236 e. The van der Waals surface area contributed by atoms with Crippen LogP contribution in [-0.4, -0.2) is 45.5 Å². The van der Waals surface area contributed by atoms with E-state index in [1.165, 1.54) is 0 Å².